The monoisotopic (exact) mass is 390 g/mol. The number of anilines is 2. The van der Waals surface area contributed by atoms with Crippen LogP contribution in [-0.2, 0) is 4.79 Å². The molecule has 29 heavy (non-hydrogen) atoms. The van der Waals surface area contributed by atoms with Crippen molar-refractivity contribution in [3.05, 3.63) is 84.2 Å². The van der Waals surface area contributed by atoms with Crippen LogP contribution >= 0.6 is 0 Å². The van der Waals surface area contributed by atoms with Gasteiger partial charge in [-0.05, 0) is 42.0 Å². The van der Waals surface area contributed by atoms with Gasteiger partial charge in [0.05, 0.1) is 5.69 Å². The Bertz CT molecular complexity index is 990. The third-order valence-corrected chi connectivity index (χ3v) is 4.47. The molecule has 0 saturated heterocycles. The van der Waals surface area contributed by atoms with Crippen molar-refractivity contribution >= 4 is 23.2 Å². The number of benzene rings is 2. The van der Waals surface area contributed by atoms with Crippen molar-refractivity contribution in [1.29, 1.82) is 0 Å². The highest BCUT2D eigenvalue weighted by Crippen LogP contribution is 2.28. The van der Waals surface area contributed by atoms with E-state index in [0.717, 1.165) is 5.56 Å². The summed E-state index contributed by atoms with van der Waals surface area (Å²) in [6.07, 6.45) is 3.20. The summed E-state index contributed by atoms with van der Waals surface area (Å²) in [4.78, 5) is 29.8. The fourth-order valence-corrected chi connectivity index (χ4v) is 2.91. The van der Waals surface area contributed by atoms with Crippen molar-refractivity contribution in [1.82, 2.24) is 4.98 Å². The number of nitrogens with two attached hydrogens (primary N) is 1. The Morgan fingerprint density at radius 3 is 2.34 bits per heavy atom. The molecule has 7 nitrogen and oxygen atoms in total. The molecule has 1 unspecified atom stereocenters. The molecule has 3 aromatic rings. The lowest BCUT2D eigenvalue weighted by Gasteiger charge is -2.25. The van der Waals surface area contributed by atoms with Gasteiger partial charge < -0.3 is 21.1 Å². The number of hydrogen-bond acceptors (Lipinski definition) is 5. The number of nitrogens with zero attached hydrogens (tertiary/aromatic N) is 2. The SMILES string of the molecule is CC(=O)N(CC(N)c1ccc(C(=O)Nc2ccncc2)cc1)c1ccccc1O. The first-order chi connectivity index (χ1) is 14.0. The molecule has 1 atom stereocenters. The Balaban J connectivity index is 1.71. The molecule has 2 amide bonds. The van der Waals surface area contributed by atoms with Gasteiger partial charge in [0.25, 0.3) is 5.91 Å². The number of aromatic hydroxyl groups is 1. The zero-order chi connectivity index (χ0) is 20.8. The van der Waals surface area contributed by atoms with Gasteiger partial charge in [-0.15, -0.1) is 0 Å². The lowest BCUT2D eigenvalue weighted by atomic mass is 10.0. The van der Waals surface area contributed by atoms with Gasteiger partial charge in [0.15, 0.2) is 0 Å². The number of para-hydroxylation sites is 2. The Morgan fingerprint density at radius 2 is 1.72 bits per heavy atom. The number of nitrogens with one attached hydrogen (secondary N) is 1. The van der Waals surface area contributed by atoms with Crippen molar-refractivity contribution in [2.24, 2.45) is 5.73 Å². The quantitative estimate of drug-likeness (QED) is 0.599. The average molecular weight is 390 g/mol. The van der Waals surface area contributed by atoms with E-state index in [2.05, 4.69) is 10.3 Å². The third-order valence-electron chi connectivity index (χ3n) is 4.47. The molecule has 0 aliphatic heterocycles. The normalized spacial score (nSPS) is 11.5. The molecular formula is C22H22N4O3. The van der Waals surface area contributed by atoms with Crippen LogP contribution in [0.5, 0.6) is 5.75 Å². The Morgan fingerprint density at radius 1 is 1.07 bits per heavy atom. The fourth-order valence-electron chi connectivity index (χ4n) is 2.91. The third kappa shape index (κ3) is 4.97. The Kier molecular flexibility index (Phi) is 6.21. The van der Waals surface area contributed by atoms with Crippen LogP contribution in [0.1, 0.15) is 28.9 Å². The highest BCUT2D eigenvalue weighted by atomic mass is 16.3. The first kappa shape index (κ1) is 20.0. The second kappa shape index (κ2) is 8.99. The first-order valence-corrected chi connectivity index (χ1v) is 9.08. The summed E-state index contributed by atoms with van der Waals surface area (Å²) >= 11 is 0. The molecule has 0 saturated carbocycles. The molecule has 0 bridgehead atoms. The van der Waals surface area contributed by atoms with Gasteiger partial charge in [0, 0.05) is 43.2 Å². The van der Waals surface area contributed by atoms with Gasteiger partial charge in [-0.1, -0.05) is 24.3 Å². The predicted octanol–water partition coefficient (Wildman–Crippen LogP) is 3.09. The molecule has 1 heterocycles. The van der Waals surface area contributed by atoms with Crippen LogP contribution in [0, 0.1) is 0 Å². The van der Waals surface area contributed by atoms with Crippen molar-refractivity contribution in [2.75, 3.05) is 16.8 Å². The summed E-state index contributed by atoms with van der Waals surface area (Å²) in [5.41, 5.74) is 8.61. The summed E-state index contributed by atoms with van der Waals surface area (Å²) in [7, 11) is 0. The fraction of sp³-hybridized carbons (Fsp3) is 0.136. The van der Waals surface area contributed by atoms with E-state index in [0.29, 0.717) is 16.9 Å². The molecule has 0 aliphatic carbocycles. The molecule has 4 N–H and O–H groups in total. The van der Waals surface area contributed by atoms with Crippen LogP contribution in [0.3, 0.4) is 0 Å². The zero-order valence-electron chi connectivity index (χ0n) is 15.9. The molecule has 7 heteroatoms. The van der Waals surface area contributed by atoms with Crippen molar-refractivity contribution in [2.45, 2.75) is 13.0 Å². The summed E-state index contributed by atoms with van der Waals surface area (Å²) in [6.45, 7) is 1.61. The molecule has 3 rings (SSSR count). The van der Waals surface area contributed by atoms with E-state index >= 15 is 0 Å². The largest absolute Gasteiger partial charge is 0.506 e. The number of phenolic OH excluding ortho intramolecular Hbond substituents is 1. The molecule has 148 valence electrons. The average Bonchev–Trinajstić information content (AvgIpc) is 2.73. The number of phenols is 1. The molecule has 2 aromatic carbocycles. The van der Waals surface area contributed by atoms with Crippen molar-refractivity contribution < 1.29 is 14.7 Å². The molecule has 1 aromatic heterocycles. The molecule has 0 radical (unpaired) electrons. The molecule has 0 aliphatic rings. The summed E-state index contributed by atoms with van der Waals surface area (Å²) in [5, 5.41) is 12.8. The molecular weight excluding hydrogens is 368 g/mol. The van der Waals surface area contributed by atoms with Crippen LogP contribution in [-0.4, -0.2) is 28.4 Å². The van der Waals surface area contributed by atoms with Crippen LogP contribution in [0.15, 0.2) is 73.1 Å². The predicted molar refractivity (Wildman–Crippen MR) is 112 cm³/mol. The van der Waals surface area contributed by atoms with Crippen LogP contribution in [0.2, 0.25) is 0 Å². The van der Waals surface area contributed by atoms with Gasteiger partial charge in [0.2, 0.25) is 5.91 Å². The van der Waals surface area contributed by atoms with Crippen LogP contribution in [0.25, 0.3) is 0 Å². The second-order valence-corrected chi connectivity index (χ2v) is 6.54. The smallest absolute Gasteiger partial charge is 0.255 e. The minimum atomic E-state index is -0.490. The lowest BCUT2D eigenvalue weighted by Crippen LogP contribution is -2.35. The minimum absolute atomic E-state index is 0.0121. The highest BCUT2D eigenvalue weighted by Gasteiger charge is 2.19. The summed E-state index contributed by atoms with van der Waals surface area (Å²) in [5.74, 6) is -0.454. The van der Waals surface area contributed by atoms with E-state index < -0.39 is 6.04 Å². The minimum Gasteiger partial charge on any atom is -0.506 e. The lowest BCUT2D eigenvalue weighted by molar-refractivity contribution is -0.116. The number of carbonyl (C=O) groups excluding carboxylic acids is 2. The first-order valence-electron chi connectivity index (χ1n) is 9.08. The van der Waals surface area contributed by atoms with E-state index in [-0.39, 0.29) is 24.1 Å². The number of carbonyl (C=O) groups is 2. The van der Waals surface area contributed by atoms with Gasteiger partial charge >= 0.3 is 0 Å². The molecule has 0 spiro atoms. The van der Waals surface area contributed by atoms with Gasteiger partial charge in [-0.25, -0.2) is 0 Å². The topological polar surface area (TPSA) is 109 Å². The van der Waals surface area contributed by atoms with E-state index in [1.807, 2.05) is 0 Å². The zero-order valence-corrected chi connectivity index (χ0v) is 15.9. The maximum atomic E-state index is 12.3. The van der Waals surface area contributed by atoms with E-state index in [1.54, 1.807) is 67.0 Å². The van der Waals surface area contributed by atoms with Gasteiger partial charge in [0.1, 0.15) is 5.75 Å². The van der Waals surface area contributed by atoms with Crippen LogP contribution < -0.4 is 16.0 Å². The second-order valence-electron chi connectivity index (χ2n) is 6.54. The number of pyridine rings is 1. The van der Waals surface area contributed by atoms with E-state index in [4.69, 9.17) is 5.73 Å². The summed E-state index contributed by atoms with van der Waals surface area (Å²) < 4.78 is 0. The van der Waals surface area contributed by atoms with Crippen molar-refractivity contribution in [3.63, 3.8) is 0 Å². The van der Waals surface area contributed by atoms with Crippen LogP contribution in [0.4, 0.5) is 11.4 Å². The number of amides is 2. The standard InChI is InChI=1S/C22H22N4O3/c1-15(27)26(20-4-2-3-5-21(20)28)14-19(23)16-6-8-17(9-7-16)22(29)25-18-10-12-24-13-11-18/h2-13,19,28H,14,23H2,1H3,(H,24,25,29). The van der Waals surface area contributed by atoms with Gasteiger partial charge in [-0.2, -0.15) is 0 Å². The Hall–Kier alpha value is -3.71. The van der Waals surface area contributed by atoms with E-state index in [1.165, 1.54) is 17.9 Å². The highest BCUT2D eigenvalue weighted by molar-refractivity contribution is 6.04. The number of rotatable bonds is 6. The number of hydrogen-bond donors (Lipinski definition) is 3. The van der Waals surface area contributed by atoms with Gasteiger partial charge in [-0.3, -0.25) is 14.6 Å². The maximum absolute atomic E-state index is 12.3. The van der Waals surface area contributed by atoms with Crippen molar-refractivity contribution in [3.8, 4) is 5.75 Å². The Labute approximate surface area is 168 Å². The number of aromatic nitrogens is 1. The van der Waals surface area contributed by atoms with E-state index in [9.17, 15) is 14.7 Å². The molecule has 0 fully saturated rings. The maximum Gasteiger partial charge on any atom is 0.255 e. The summed E-state index contributed by atoms with van der Waals surface area (Å²) in [6, 6.07) is 16.4.